The number of likely N-dealkylation sites (tertiary alicyclic amines) is 2. The zero-order valence-electron chi connectivity index (χ0n) is 26.4. The van der Waals surface area contributed by atoms with Gasteiger partial charge >= 0.3 is 0 Å². The molecule has 4 nitrogen and oxygen atoms in total. The van der Waals surface area contributed by atoms with Gasteiger partial charge in [-0.05, 0) is 113 Å². The van der Waals surface area contributed by atoms with Crippen molar-refractivity contribution in [3.05, 3.63) is 59.7 Å². The van der Waals surface area contributed by atoms with Crippen molar-refractivity contribution in [3.8, 4) is 11.5 Å². The van der Waals surface area contributed by atoms with Gasteiger partial charge < -0.3 is 20.0 Å². The summed E-state index contributed by atoms with van der Waals surface area (Å²) in [5, 5.41) is 20.2. The summed E-state index contributed by atoms with van der Waals surface area (Å²) < 4.78 is 0. The van der Waals surface area contributed by atoms with Crippen LogP contribution in [0.2, 0.25) is 0 Å². The molecule has 2 aromatic carbocycles. The van der Waals surface area contributed by atoms with Crippen LogP contribution in [-0.2, 0) is 10.8 Å². The largest absolute Gasteiger partial charge is 0.508 e. The fourth-order valence-electron chi connectivity index (χ4n) is 7.66. The Kier molecular flexibility index (Phi) is 16.1. The Balaban J connectivity index is 0.00000308. The van der Waals surface area contributed by atoms with Crippen molar-refractivity contribution in [2.45, 2.75) is 115 Å². The number of hydrogen-bond acceptors (Lipinski definition) is 4. The molecule has 0 saturated carbocycles. The predicted octanol–water partition coefficient (Wildman–Crippen LogP) is 9.25. The van der Waals surface area contributed by atoms with Crippen LogP contribution in [0.25, 0.3) is 0 Å². The molecule has 2 fully saturated rings. The molecule has 2 atom stereocenters. The van der Waals surface area contributed by atoms with Crippen molar-refractivity contribution in [1.82, 2.24) is 9.80 Å². The molecule has 6 heteroatoms. The van der Waals surface area contributed by atoms with Crippen molar-refractivity contribution >= 4 is 24.8 Å². The summed E-state index contributed by atoms with van der Waals surface area (Å²) in [5.41, 5.74) is 3.01. The Morgan fingerprint density at radius 1 is 0.595 bits per heavy atom. The lowest BCUT2D eigenvalue weighted by atomic mass is 9.74. The Morgan fingerprint density at radius 2 is 1.00 bits per heavy atom. The van der Waals surface area contributed by atoms with E-state index in [0.29, 0.717) is 11.5 Å². The predicted molar refractivity (Wildman–Crippen MR) is 183 cm³/mol. The number of rotatable bonds is 13. The summed E-state index contributed by atoms with van der Waals surface area (Å²) in [7, 11) is 0. The first kappa shape index (κ1) is 36.7. The van der Waals surface area contributed by atoms with Crippen LogP contribution in [-0.4, -0.2) is 59.3 Å². The average molecular weight is 622 g/mol. The molecule has 2 saturated heterocycles. The van der Waals surface area contributed by atoms with E-state index in [1.807, 2.05) is 24.3 Å². The molecule has 2 aromatic rings. The van der Waals surface area contributed by atoms with E-state index >= 15 is 0 Å². The molecule has 0 spiro atoms. The highest BCUT2D eigenvalue weighted by atomic mass is 35.5. The molecule has 4 rings (SSSR count). The maximum atomic E-state index is 10.1. The molecular weight excluding hydrogens is 563 g/mol. The molecule has 0 bridgehead atoms. The minimum Gasteiger partial charge on any atom is -0.508 e. The minimum absolute atomic E-state index is 0. The van der Waals surface area contributed by atoms with Crippen LogP contribution in [0.4, 0.5) is 0 Å². The first-order valence-electron chi connectivity index (χ1n) is 16.5. The third kappa shape index (κ3) is 10.0. The molecule has 0 aliphatic carbocycles. The zero-order valence-corrected chi connectivity index (χ0v) is 28.0. The average Bonchev–Trinajstić information content (AvgIpc) is 3.32. The minimum atomic E-state index is 0. The van der Waals surface area contributed by atoms with E-state index in [9.17, 15) is 10.2 Å². The molecule has 2 aliphatic heterocycles. The highest BCUT2D eigenvalue weighted by Crippen LogP contribution is 2.39. The monoisotopic (exact) mass is 620 g/mol. The molecule has 2 N–H and O–H groups in total. The summed E-state index contributed by atoms with van der Waals surface area (Å²) in [6.45, 7) is 11.8. The van der Waals surface area contributed by atoms with Gasteiger partial charge in [-0.2, -0.15) is 0 Å². The number of unbranched alkanes of at least 4 members (excludes halogenated alkanes) is 5. The maximum Gasteiger partial charge on any atom is 0.115 e. The van der Waals surface area contributed by atoms with E-state index in [1.54, 1.807) is 12.1 Å². The smallest absolute Gasteiger partial charge is 0.115 e. The van der Waals surface area contributed by atoms with Gasteiger partial charge in [-0.1, -0.05) is 76.6 Å². The van der Waals surface area contributed by atoms with Crippen molar-refractivity contribution in [1.29, 1.82) is 0 Å². The van der Waals surface area contributed by atoms with E-state index in [-0.39, 0.29) is 35.6 Å². The number of nitrogens with zero attached hydrogens (tertiary/aromatic N) is 2. The maximum absolute atomic E-state index is 10.1. The summed E-state index contributed by atoms with van der Waals surface area (Å²) in [6, 6.07) is 16.1. The Hall–Kier alpha value is -1.46. The van der Waals surface area contributed by atoms with E-state index in [4.69, 9.17) is 0 Å². The van der Waals surface area contributed by atoms with Gasteiger partial charge in [0.25, 0.3) is 0 Å². The lowest BCUT2D eigenvalue weighted by Gasteiger charge is -2.36. The third-order valence-electron chi connectivity index (χ3n) is 10.3. The first-order valence-corrected chi connectivity index (χ1v) is 16.5. The second-order valence-electron chi connectivity index (χ2n) is 13.0. The van der Waals surface area contributed by atoms with Crippen molar-refractivity contribution < 1.29 is 10.2 Å². The standard InChI is InChI=1S/C36H56N2O2.2ClH/c1-3-35(31-17-15-19-33(39)27-31)21-9-13-25-37(29-35)23-11-7-5-6-8-12-24-38-26-14-10-22-36(4-2,30-38)32-18-16-20-34(40)28-32;;/h15-20,27-28,39-40H,3-14,21-26,29-30H2,1-2H3;2*1H/t35-,36-;;/m1../s1. The Bertz CT molecular complexity index is 955. The van der Waals surface area contributed by atoms with Crippen LogP contribution in [0.5, 0.6) is 11.5 Å². The van der Waals surface area contributed by atoms with Crippen molar-refractivity contribution in [3.63, 3.8) is 0 Å². The number of halogens is 2. The summed E-state index contributed by atoms with van der Waals surface area (Å²) >= 11 is 0. The van der Waals surface area contributed by atoms with Gasteiger partial charge in [-0.25, -0.2) is 0 Å². The van der Waals surface area contributed by atoms with Gasteiger partial charge in [-0.3, -0.25) is 0 Å². The third-order valence-corrected chi connectivity index (χ3v) is 10.3. The molecule has 0 radical (unpaired) electrons. The summed E-state index contributed by atoms with van der Waals surface area (Å²) in [5.74, 6) is 0.802. The lowest BCUT2D eigenvalue weighted by molar-refractivity contribution is 0.211. The number of hydrogen-bond donors (Lipinski definition) is 2. The second kappa shape index (κ2) is 18.4. The van der Waals surface area contributed by atoms with Crippen molar-refractivity contribution in [2.24, 2.45) is 0 Å². The van der Waals surface area contributed by atoms with Crippen LogP contribution >= 0.6 is 24.8 Å². The van der Waals surface area contributed by atoms with E-state index < -0.39 is 0 Å². The van der Waals surface area contributed by atoms with E-state index in [1.165, 1.54) is 114 Å². The Labute approximate surface area is 269 Å². The molecule has 2 heterocycles. The van der Waals surface area contributed by atoms with Gasteiger partial charge in [0.1, 0.15) is 11.5 Å². The fourth-order valence-corrected chi connectivity index (χ4v) is 7.66. The molecular formula is C36H58Cl2N2O2. The normalized spacial score (nSPS) is 23.8. The Morgan fingerprint density at radius 3 is 1.38 bits per heavy atom. The highest BCUT2D eigenvalue weighted by Gasteiger charge is 2.35. The summed E-state index contributed by atoms with van der Waals surface area (Å²) in [4.78, 5) is 5.43. The first-order chi connectivity index (χ1) is 19.5. The number of phenolic OH excluding ortho intramolecular Hbond substituents is 2. The molecule has 0 aromatic heterocycles. The quantitative estimate of drug-likeness (QED) is 0.219. The lowest BCUT2D eigenvalue weighted by Crippen LogP contribution is -2.39. The summed E-state index contributed by atoms with van der Waals surface area (Å²) in [6.07, 6.45) is 17.9. The van der Waals surface area contributed by atoms with Crippen molar-refractivity contribution in [2.75, 3.05) is 39.3 Å². The molecule has 2 aliphatic rings. The molecule has 0 amide bonds. The van der Waals surface area contributed by atoms with Gasteiger partial charge in [0, 0.05) is 23.9 Å². The van der Waals surface area contributed by atoms with Gasteiger partial charge in [0.2, 0.25) is 0 Å². The number of aromatic hydroxyl groups is 2. The number of benzene rings is 2. The van der Waals surface area contributed by atoms with Gasteiger partial charge in [0.15, 0.2) is 0 Å². The second-order valence-corrected chi connectivity index (χ2v) is 13.0. The topological polar surface area (TPSA) is 46.9 Å². The van der Waals surface area contributed by atoms with Crippen LogP contribution in [0.15, 0.2) is 48.5 Å². The SMILES string of the molecule is CC[C@@]1(c2cccc(O)c2)CCCCN(CCCCCCCCN2CCCC[C@@](CC)(c3cccc(O)c3)C2)C1.Cl.Cl. The molecule has 238 valence electrons. The fraction of sp³-hybridized carbons (Fsp3) is 0.667. The molecule has 42 heavy (non-hydrogen) atoms. The number of phenols is 2. The van der Waals surface area contributed by atoms with Crippen LogP contribution in [0, 0.1) is 0 Å². The zero-order chi connectivity index (χ0) is 28.3. The van der Waals surface area contributed by atoms with E-state index in [2.05, 4.69) is 35.8 Å². The molecule has 0 unspecified atom stereocenters. The van der Waals surface area contributed by atoms with Gasteiger partial charge in [-0.15, -0.1) is 24.8 Å². The van der Waals surface area contributed by atoms with Gasteiger partial charge in [0.05, 0.1) is 0 Å². The highest BCUT2D eigenvalue weighted by molar-refractivity contribution is 5.85. The van der Waals surface area contributed by atoms with Crippen LogP contribution in [0.3, 0.4) is 0 Å². The van der Waals surface area contributed by atoms with E-state index in [0.717, 1.165) is 25.9 Å². The van der Waals surface area contributed by atoms with Crippen LogP contribution in [0.1, 0.15) is 115 Å². The van der Waals surface area contributed by atoms with Crippen LogP contribution < -0.4 is 0 Å².